The van der Waals surface area contributed by atoms with Crippen molar-refractivity contribution in [3.8, 4) is 0 Å². The Morgan fingerprint density at radius 2 is 2.00 bits per heavy atom. The van der Waals surface area contributed by atoms with Gasteiger partial charge in [0.05, 0.1) is 4.90 Å². The molecule has 3 N–H and O–H groups in total. The van der Waals surface area contributed by atoms with E-state index in [0.717, 1.165) is 4.88 Å². The molecule has 1 aromatic heterocycles. The van der Waals surface area contributed by atoms with Crippen LogP contribution in [0.2, 0.25) is 0 Å². The molecule has 7 heteroatoms. The standard InChI is InChI=1S/C14H16N2O2S3/c1-10(9-12-3-2-8-20-12)16-21(17,18)13-6-4-11(5-7-13)14(15)19/h2-8,10,16H,9H2,1H3,(H2,15,19). The molecule has 1 heterocycles. The molecule has 0 spiro atoms. The molecular weight excluding hydrogens is 324 g/mol. The first-order valence-electron chi connectivity index (χ1n) is 6.33. The fourth-order valence-corrected chi connectivity index (χ4v) is 4.12. The maximum absolute atomic E-state index is 12.3. The first kappa shape index (κ1) is 16.1. The van der Waals surface area contributed by atoms with Crippen molar-refractivity contribution in [2.24, 2.45) is 5.73 Å². The van der Waals surface area contributed by atoms with Gasteiger partial charge in [0.1, 0.15) is 4.99 Å². The molecular formula is C14H16N2O2S3. The van der Waals surface area contributed by atoms with Crippen molar-refractivity contribution in [3.05, 3.63) is 52.2 Å². The topological polar surface area (TPSA) is 72.2 Å². The lowest BCUT2D eigenvalue weighted by Crippen LogP contribution is -2.33. The number of nitrogens with one attached hydrogen (secondary N) is 1. The molecule has 0 saturated heterocycles. The summed E-state index contributed by atoms with van der Waals surface area (Å²) in [6.45, 7) is 1.85. The molecule has 1 unspecified atom stereocenters. The Morgan fingerprint density at radius 3 is 2.52 bits per heavy atom. The average molecular weight is 340 g/mol. The van der Waals surface area contributed by atoms with Crippen LogP contribution in [-0.4, -0.2) is 19.4 Å². The van der Waals surface area contributed by atoms with E-state index in [1.807, 2.05) is 24.4 Å². The van der Waals surface area contributed by atoms with Gasteiger partial charge in [0.25, 0.3) is 0 Å². The summed E-state index contributed by atoms with van der Waals surface area (Å²) in [6.07, 6.45) is 0.669. The summed E-state index contributed by atoms with van der Waals surface area (Å²) in [5, 5.41) is 1.98. The summed E-state index contributed by atoms with van der Waals surface area (Å²) >= 11 is 6.46. The predicted octanol–water partition coefficient (Wildman–Crippen LogP) is 2.29. The van der Waals surface area contributed by atoms with Gasteiger partial charge in [-0.05, 0) is 36.9 Å². The van der Waals surface area contributed by atoms with E-state index in [0.29, 0.717) is 12.0 Å². The molecule has 0 fully saturated rings. The molecule has 1 atom stereocenters. The third-order valence-corrected chi connectivity index (χ3v) is 5.63. The molecule has 0 amide bonds. The zero-order valence-electron chi connectivity index (χ0n) is 11.4. The molecule has 0 aliphatic heterocycles. The third kappa shape index (κ3) is 4.34. The molecule has 0 aliphatic rings. The van der Waals surface area contributed by atoms with Gasteiger partial charge >= 0.3 is 0 Å². The minimum absolute atomic E-state index is 0.177. The van der Waals surface area contributed by atoms with Gasteiger partial charge in [-0.25, -0.2) is 13.1 Å². The number of benzene rings is 1. The lowest BCUT2D eigenvalue weighted by Gasteiger charge is -2.13. The van der Waals surface area contributed by atoms with Gasteiger partial charge in [-0.2, -0.15) is 0 Å². The largest absolute Gasteiger partial charge is 0.389 e. The number of sulfonamides is 1. The van der Waals surface area contributed by atoms with Crippen LogP contribution >= 0.6 is 23.6 Å². The molecule has 0 bridgehead atoms. The number of rotatable bonds is 6. The van der Waals surface area contributed by atoms with E-state index in [1.165, 1.54) is 12.1 Å². The smallest absolute Gasteiger partial charge is 0.240 e. The van der Waals surface area contributed by atoms with Crippen molar-refractivity contribution in [3.63, 3.8) is 0 Å². The van der Waals surface area contributed by atoms with E-state index < -0.39 is 10.0 Å². The minimum atomic E-state index is -3.53. The average Bonchev–Trinajstić information content (AvgIpc) is 2.90. The highest BCUT2D eigenvalue weighted by atomic mass is 32.2. The summed E-state index contributed by atoms with van der Waals surface area (Å²) < 4.78 is 27.2. The number of nitrogens with two attached hydrogens (primary N) is 1. The maximum atomic E-state index is 12.3. The second-order valence-corrected chi connectivity index (χ2v) is 7.88. The third-order valence-electron chi connectivity index (χ3n) is 2.89. The molecule has 0 aliphatic carbocycles. The Bertz CT molecular complexity index is 707. The second-order valence-electron chi connectivity index (χ2n) is 4.69. The molecule has 1 aromatic carbocycles. The van der Waals surface area contributed by atoms with Crippen LogP contribution < -0.4 is 10.5 Å². The van der Waals surface area contributed by atoms with E-state index in [1.54, 1.807) is 23.5 Å². The van der Waals surface area contributed by atoms with Gasteiger partial charge in [-0.15, -0.1) is 11.3 Å². The summed E-state index contributed by atoms with van der Waals surface area (Å²) in [6, 6.07) is 10.0. The van der Waals surface area contributed by atoms with Gasteiger partial charge in [0.15, 0.2) is 0 Å². The fraction of sp³-hybridized carbons (Fsp3) is 0.214. The second kappa shape index (κ2) is 6.65. The van der Waals surface area contributed by atoms with E-state index in [-0.39, 0.29) is 15.9 Å². The maximum Gasteiger partial charge on any atom is 0.240 e. The van der Waals surface area contributed by atoms with Gasteiger partial charge in [0.2, 0.25) is 10.0 Å². The van der Waals surface area contributed by atoms with E-state index in [9.17, 15) is 8.42 Å². The fourth-order valence-electron chi connectivity index (χ4n) is 1.90. The Labute approximate surface area is 134 Å². The van der Waals surface area contributed by atoms with Crippen molar-refractivity contribution >= 4 is 38.6 Å². The summed E-state index contributed by atoms with van der Waals surface area (Å²) in [5.74, 6) is 0. The van der Waals surface area contributed by atoms with Crippen LogP contribution in [0.3, 0.4) is 0 Å². The van der Waals surface area contributed by atoms with E-state index >= 15 is 0 Å². The van der Waals surface area contributed by atoms with Crippen molar-refractivity contribution in [1.82, 2.24) is 4.72 Å². The molecule has 0 saturated carbocycles. The Kier molecular flexibility index (Phi) is 5.10. The molecule has 0 radical (unpaired) electrons. The number of hydrogen-bond acceptors (Lipinski definition) is 4. The monoisotopic (exact) mass is 340 g/mol. The normalized spacial score (nSPS) is 13.0. The van der Waals surface area contributed by atoms with Crippen LogP contribution in [0.1, 0.15) is 17.4 Å². The molecule has 112 valence electrons. The zero-order chi connectivity index (χ0) is 15.5. The molecule has 21 heavy (non-hydrogen) atoms. The zero-order valence-corrected chi connectivity index (χ0v) is 13.9. The lowest BCUT2D eigenvalue weighted by atomic mass is 10.2. The number of hydrogen-bond donors (Lipinski definition) is 2. The minimum Gasteiger partial charge on any atom is -0.389 e. The van der Waals surface area contributed by atoms with Gasteiger partial charge < -0.3 is 5.73 Å². The van der Waals surface area contributed by atoms with Crippen molar-refractivity contribution in [1.29, 1.82) is 0 Å². The SMILES string of the molecule is CC(Cc1cccs1)NS(=O)(=O)c1ccc(C(N)=S)cc1. The first-order valence-corrected chi connectivity index (χ1v) is 9.10. The quantitative estimate of drug-likeness (QED) is 0.792. The number of thiophene rings is 1. The van der Waals surface area contributed by atoms with Crippen molar-refractivity contribution in [2.45, 2.75) is 24.3 Å². The first-order chi connectivity index (χ1) is 9.88. The van der Waals surface area contributed by atoms with Crippen LogP contribution in [0.15, 0.2) is 46.7 Å². The Balaban J connectivity index is 2.08. The van der Waals surface area contributed by atoms with Crippen molar-refractivity contribution in [2.75, 3.05) is 0 Å². The highest BCUT2D eigenvalue weighted by Crippen LogP contribution is 2.14. The van der Waals surface area contributed by atoms with Crippen molar-refractivity contribution < 1.29 is 8.42 Å². The lowest BCUT2D eigenvalue weighted by molar-refractivity contribution is 0.560. The van der Waals surface area contributed by atoms with Crippen LogP contribution in [0.4, 0.5) is 0 Å². The molecule has 2 rings (SSSR count). The Hall–Kier alpha value is -1.28. The van der Waals surface area contributed by atoms with Gasteiger partial charge in [-0.3, -0.25) is 0 Å². The Morgan fingerprint density at radius 1 is 1.33 bits per heavy atom. The summed E-state index contributed by atoms with van der Waals surface area (Å²) in [5.41, 5.74) is 6.15. The highest BCUT2D eigenvalue weighted by Gasteiger charge is 2.17. The number of thiocarbonyl (C=S) groups is 1. The van der Waals surface area contributed by atoms with Crippen LogP contribution in [0.5, 0.6) is 0 Å². The van der Waals surface area contributed by atoms with Crippen LogP contribution in [0.25, 0.3) is 0 Å². The van der Waals surface area contributed by atoms with E-state index in [2.05, 4.69) is 4.72 Å². The summed E-state index contributed by atoms with van der Waals surface area (Å²) in [7, 11) is -3.53. The highest BCUT2D eigenvalue weighted by molar-refractivity contribution is 7.89. The molecule has 2 aromatic rings. The van der Waals surface area contributed by atoms with E-state index in [4.69, 9.17) is 18.0 Å². The molecule has 4 nitrogen and oxygen atoms in total. The summed E-state index contributed by atoms with van der Waals surface area (Å²) in [4.78, 5) is 1.60. The van der Waals surface area contributed by atoms with Gasteiger partial charge in [0, 0.05) is 16.5 Å². The van der Waals surface area contributed by atoms with Crippen LogP contribution in [-0.2, 0) is 16.4 Å². The van der Waals surface area contributed by atoms with Crippen LogP contribution in [0, 0.1) is 0 Å². The predicted molar refractivity (Wildman–Crippen MR) is 90.1 cm³/mol. The van der Waals surface area contributed by atoms with Gasteiger partial charge in [-0.1, -0.05) is 30.4 Å².